The third kappa shape index (κ3) is 2.81. The van der Waals surface area contributed by atoms with Crippen molar-refractivity contribution in [1.29, 1.82) is 0 Å². The van der Waals surface area contributed by atoms with Crippen LogP contribution in [0.5, 0.6) is 5.75 Å². The molecule has 1 unspecified atom stereocenters. The molecule has 3 nitrogen and oxygen atoms in total. The number of aliphatic carboxylic acids is 1. The molecule has 0 bridgehead atoms. The van der Waals surface area contributed by atoms with Gasteiger partial charge in [-0.3, -0.25) is 4.79 Å². The fourth-order valence-electron chi connectivity index (χ4n) is 2.30. The van der Waals surface area contributed by atoms with Crippen molar-refractivity contribution in [3.05, 3.63) is 28.3 Å². The predicted molar refractivity (Wildman–Crippen MR) is 65.6 cm³/mol. The van der Waals surface area contributed by atoms with Crippen LogP contribution in [0, 0.1) is 17.6 Å². The molecule has 1 saturated carbocycles. The van der Waals surface area contributed by atoms with Gasteiger partial charge >= 0.3 is 5.97 Å². The van der Waals surface area contributed by atoms with E-state index in [4.69, 9.17) is 21.4 Å². The zero-order chi connectivity index (χ0) is 14.2. The summed E-state index contributed by atoms with van der Waals surface area (Å²) in [6, 6.07) is 1.27. The molecule has 0 radical (unpaired) electrons. The standard InChI is InChI=1S/C13H13ClF2O3/c1-19-13-8(4-9(14)11(15)12(13)16)7(5-10(17)18)6-2-3-6/h4,6-7H,2-3,5H2,1H3,(H,17,18). The first kappa shape index (κ1) is 14.1. The van der Waals surface area contributed by atoms with E-state index in [1.807, 2.05) is 0 Å². The van der Waals surface area contributed by atoms with Gasteiger partial charge in [0.25, 0.3) is 0 Å². The maximum Gasteiger partial charge on any atom is 0.303 e. The summed E-state index contributed by atoms with van der Waals surface area (Å²) in [5, 5.41) is 8.58. The van der Waals surface area contributed by atoms with Gasteiger partial charge in [-0.15, -0.1) is 0 Å². The molecule has 1 aromatic rings. The quantitative estimate of drug-likeness (QED) is 0.843. The van der Waals surface area contributed by atoms with Crippen LogP contribution in [0.4, 0.5) is 8.78 Å². The van der Waals surface area contributed by atoms with Crippen molar-refractivity contribution >= 4 is 17.6 Å². The number of methoxy groups -OCH3 is 1. The molecule has 1 aromatic carbocycles. The summed E-state index contributed by atoms with van der Waals surface area (Å²) in [5.41, 5.74) is 0.330. The molecule has 0 spiro atoms. The molecule has 0 saturated heterocycles. The van der Waals surface area contributed by atoms with E-state index in [0.29, 0.717) is 5.56 Å². The Hall–Kier alpha value is -1.36. The zero-order valence-corrected chi connectivity index (χ0v) is 11.0. The largest absolute Gasteiger partial charge is 0.493 e. The maximum absolute atomic E-state index is 13.8. The van der Waals surface area contributed by atoms with Crippen LogP contribution in [-0.4, -0.2) is 18.2 Å². The molecule has 0 aromatic heterocycles. The van der Waals surface area contributed by atoms with Crippen LogP contribution in [0.25, 0.3) is 0 Å². The summed E-state index contributed by atoms with van der Waals surface area (Å²) < 4.78 is 32.1. The SMILES string of the molecule is COc1c(C(CC(=O)O)C2CC2)cc(Cl)c(F)c1F. The zero-order valence-electron chi connectivity index (χ0n) is 10.3. The van der Waals surface area contributed by atoms with Crippen molar-refractivity contribution < 1.29 is 23.4 Å². The molecular formula is C13H13ClF2O3. The second kappa shape index (κ2) is 5.33. The van der Waals surface area contributed by atoms with Gasteiger partial charge in [0.2, 0.25) is 5.82 Å². The number of benzene rings is 1. The minimum atomic E-state index is -1.17. The van der Waals surface area contributed by atoms with Crippen molar-refractivity contribution in [1.82, 2.24) is 0 Å². The van der Waals surface area contributed by atoms with Gasteiger partial charge in [-0.05, 0) is 24.8 Å². The summed E-state index contributed by atoms with van der Waals surface area (Å²) in [4.78, 5) is 10.9. The Balaban J connectivity index is 2.49. The highest BCUT2D eigenvalue weighted by molar-refractivity contribution is 6.30. The van der Waals surface area contributed by atoms with E-state index in [-0.39, 0.29) is 23.1 Å². The lowest BCUT2D eigenvalue weighted by Crippen LogP contribution is -2.11. The molecule has 0 heterocycles. The van der Waals surface area contributed by atoms with E-state index in [1.165, 1.54) is 13.2 Å². The number of hydrogen-bond donors (Lipinski definition) is 1. The van der Waals surface area contributed by atoms with Gasteiger partial charge in [-0.1, -0.05) is 11.6 Å². The maximum atomic E-state index is 13.8. The molecule has 0 amide bonds. The molecule has 1 atom stereocenters. The number of carbonyl (C=O) groups is 1. The normalized spacial score (nSPS) is 16.2. The van der Waals surface area contributed by atoms with Gasteiger partial charge in [-0.2, -0.15) is 4.39 Å². The summed E-state index contributed by atoms with van der Waals surface area (Å²) in [5.74, 6) is -3.82. The first-order valence-electron chi connectivity index (χ1n) is 5.88. The lowest BCUT2D eigenvalue weighted by molar-refractivity contribution is -0.137. The molecule has 1 aliphatic carbocycles. The van der Waals surface area contributed by atoms with E-state index in [0.717, 1.165) is 12.8 Å². The number of carboxylic acid groups (broad SMARTS) is 1. The summed E-state index contributed by atoms with van der Waals surface area (Å²) in [6.45, 7) is 0. The molecule has 1 aliphatic rings. The second-order valence-electron chi connectivity index (χ2n) is 4.65. The Morgan fingerprint density at radius 3 is 2.63 bits per heavy atom. The van der Waals surface area contributed by atoms with E-state index in [9.17, 15) is 13.6 Å². The van der Waals surface area contributed by atoms with Crippen molar-refractivity contribution in [3.8, 4) is 5.75 Å². The third-order valence-electron chi connectivity index (χ3n) is 3.34. The van der Waals surface area contributed by atoms with Gasteiger partial charge in [0, 0.05) is 11.5 Å². The van der Waals surface area contributed by atoms with Crippen LogP contribution in [0.15, 0.2) is 6.07 Å². The van der Waals surface area contributed by atoms with Gasteiger partial charge in [-0.25, -0.2) is 4.39 Å². The summed E-state index contributed by atoms with van der Waals surface area (Å²) >= 11 is 5.64. The molecular weight excluding hydrogens is 278 g/mol. The molecule has 6 heteroatoms. The van der Waals surface area contributed by atoms with Crippen molar-refractivity contribution in [3.63, 3.8) is 0 Å². The van der Waals surface area contributed by atoms with Crippen LogP contribution in [0.1, 0.15) is 30.7 Å². The van der Waals surface area contributed by atoms with E-state index >= 15 is 0 Å². The number of carboxylic acids is 1. The molecule has 2 rings (SSSR count). The molecule has 104 valence electrons. The summed E-state index contributed by atoms with van der Waals surface area (Å²) in [7, 11) is 1.22. The van der Waals surface area contributed by atoms with Crippen LogP contribution in [-0.2, 0) is 4.79 Å². The number of hydrogen-bond acceptors (Lipinski definition) is 2. The van der Waals surface area contributed by atoms with Gasteiger partial charge < -0.3 is 9.84 Å². The first-order valence-corrected chi connectivity index (χ1v) is 6.26. The minimum absolute atomic E-state index is 0.150. The minimum Gasteiger partial charge on any atom is -0.493 e. The Morgan fingerprint density at radius 2 is 2.16 bits per heavy atom. The predicted octanol–water partition coefficient (Wildman–Crippen LogP) is 3.60. The molecule has 0 aliphatic heterocycles. The highest BCUT2D eigenvalue weighted by atomic mass is 35.5. The van der Waals surface area contributed by atoms with Gasteiger partial charge in [0.1, 0.15) is 0 Å². The Morgan fingerprint density at radius 1 is 1.53 bits per heavy atom. The van der Waals surface area contributed by atoms with Crippen LogP contribution in [0.3, 0.4) is 0 Å². The third-order valence-corrected chi connectivity index (χ3v) is 3.61. The second-order valence-corrected chi connectivity index (χ2v) is 5.06. The average Bonchev–Trinajstić information content (AvgIpc) is 3.17. The smallest absolute Gasteiger partial charge is 0.303 e. The molecule has 1 fully saturated rings. The van der Waals surface area contributed by atoms with E-state index in [1.54, 1.807) is 0 Å². The van der Waals surface area contributed by atoms with E-state index in [2.05, 4.69) is 0 Å². The molecule has 19 heavy (non-hydrogen) atoms. The lowest BCUT2D eigenvalue weighted by atomic mass is 9.90. The van der Waals surface area contributed by atoms with Crippen molar-refractivity contribution in [2.75, 3.05) is 7.11 Å². The van der Waals surface area contributed by atoms with Crippen LogP contribution in [0.2, 0.25) is 5.02 Å². The van der Waals surface area contributed by atoms with Crippen LogP contribution < -0.4 is 4.74 Å². The average molecular weight is 291 g/mol. The van der Waals surface area contributed by atoms with E-state index < -0.39 is 23.5 Å². The Labute approximate surface area is 114 Å². The monoisotopic (exact) mass is 290 g/mol. The number of rotatable bonds is 5. The van der Waals surface area contributed by atoms with Gasteiger partial charge in [0.15, 0.2) is 11.6 Å². The highest BCUT2D eigenvalue weighted by Crippen LogP contribution is 2.48. The summed E-state index contributed by atoms with van der Waals surface area (Å²) in [6.07, 6.45) is 1.60. The van der Waals surface area contributed by atoms with Crippen LogP contribution >= 0.6 is 11.6 Å². The topological polar surface area (TPSA) is 46.5 Å². The number of ether oxygens (including phenoxy) is 1. The fraction of sp³-hybridized carbons (Fsp3) is 0.462. The fourth-order valence-corrected chi connectivity index (χ4v) is 2.50. The van der Waals surface area contributed by atoms with Crippen molar-refractivity contribution in [2.24, 2.45) is 5.92 Å². The lowest BCUT2D eigenvalue weighted by Gasteiger charge is -2.19. The Bertz CT molecular complexity index is 515. The number of halogens is 3. The molecule has 1 N–H and O–H groups in total. The highest BCUT2D eigenvalue weighted by Gasteiger charge is 2.37. The Kier molecular flexibility index (Phi) is 3.94. The van der Waals surface area contributed by atoms with Crippen molar-refractivity contribution in [2.45, 2.75) is 25.2 Å². The first-order chi connectivity index (χ1) is 8.95. The van der Waals surface area contributed by atoms with Gasteiger partial charge in [0.05, 0.1) is 18.6 Å².